The van der Waals surface area contributed by atoms with Gasteiger partial charge in [-0.2, -0.15) is 0 Å². The van der Waals surface area contributed by atoms with Crippen LogP contribution >= 0.6 is 23.2 Å². The Kier molecular flexibility index (Phi) is 5.83. The van der Waals surface area contributed by atoms with Gasteiger partial charge in [-0.15, -0.1) is 0 Å². The van der Waals surface area contributed by atoms with Crippen LogP contribution in [0.4, 0.5) is 15.9 Å². The Labute approximate surface area is 188 Å². The second-order valence-corrected chi connectivity index (χ2v) is 10.0. The quantitative estimate of drug-likeness (QED) is 0.381. The van der Waals surface area contributed by atoms with Gasteiger partial charge in [0.1, 0.15) is 18.0 Å². The summed E-state index contributed by atoms with van der Waals surface area (Å²) in [5.74, 6) is -0.122. The number of hydrogen-bond donors (Lipinski definition) is 1. The van der Waals surface area contributed by atoms with Crippen molar-refractivity contribution in [3.05, 3.63) is 82.4 Å². The molecule has 158 valence electrons. The van der Waals surface area contributed by atoms with Crippen molar-refractivity contribution in [3.63, 3.8) is 0 Å². The van der Waals surface area contributed by atoms with Crippen LogP contribution in [0.25, 0.3) is 22.0 Å². The topological polar surface area (TPSA) is 72.0 Å². The monoisotopic (exact) mass is 475 g/mol. The molecule has 4 aromatic rings. The van der Waals surface area contributed by atoms with Gasteiger partial charge >= 0.3 is 0 Å². The molecule has 0 radical (unpaired) electrons. The first-order valence-electron chi connectivity index (χ1n) is 9.13. The first-order chi connectivity index (χ1) is 14.7. The van der Waals surface area contributed by atoms with E-state index < -0.39 is 15.7 Å². The summed E-state index contributed by atoms with van der Waals surface area (Å²) in [5, 5.41) is 4.28. The van der Waals surface area contributed by atoms with Crippen LogP contribution in [-0.4, -0.2) is 24.6 Å². The number of sulfone groups is 1. The van der Waals surface area contributed by atoms with Gasteiger partial charge in [0.05, 0.1) is 16.3 Å². The number of rotatable bonds is 5. The Balaban J connectivity index is 1.76. The lowest BCUT2D eigenvalue weighted by Crippen LogP contribution is -2.01. The maximum atomic E-state index is 13.5. The number of anilines is 2. The van der Waals surface area contributed by atoms with Crippen LogP contribution in [0.15, 0.2) is 60.9 Å². The molecule has 0 aliphatic rings. The van der Waals surface area contributed by atoms with Crippen molar-refractivity contribution in [1.82, 2.24) is 9.97 Å². The number of aromatic nitrogens is 2. The molecule has 0 amide bonds. The molecule has 5 nitrogen and oxygen atoms in total. The van der Waals surface area contributed by atoms with Crippen molar-refractivity contribution < 1.29 is 12.8 Å². The van der Waals surface area contributed by atoms with Crippen molar-refractivity contribution in [1.29, 1.82) is 0 Å². The zero-order chi connectivity index (χ0) is 22.2. The molecule has 0 atom stereocenters. The van der Waals surface area contributed by atoms with E-state index in [1.807, 2.05) is 24.3 Å². The van der Waals surface area contributed by atoms with Gasteiger partial charge in [0.15, 0.2) is 9.84 Å². The van der Waals surface area contributed by atoms with Gasteiger partial charge in [-0.05, 0) is 59.2 Å². The molecular formula is C22H16Cl2FN3O2S. The fraction of sp³-hybridized carbons (Fsp3) is 0.0909. The standard InChI is InChI=1S/C22H16Cl2FN3O2S/c1-31(29,30)11-15-8-13(2-5-18(15)23)14-3-7-21-17(9-14)22(27-12-26-21)28-16-4-6-20(25)19(24)10-16/h2-10,12H,11H2,1H3,(H,26,27,28). The SMILES string of the molecule is CS(=O)(=O)Cc1cc(-c2ccc3ncnc(Nc4ccc(F)c(Cl)c4)c3c2)ccc1Cl. The largest absolute Gasteiger partial charge is 0.340 e. The van der Waals surface area contributed by atoms with Crippen LogP contribution in [0.2, 0.25) is 10.0 Å². The lowest BCUT2D eigenvalue weighted by atomic mass is 10.0. The minimum Gasteiger partial charge on any atom is -0.340 e. The van der Waals surface area contributed by atoms with E-state index in [0.29, 0.717) is 27.6 Å². The van der Waals surface area contributed by atoms with E-state index in [0.717, 1.165) is 16.5 Å². The number of halogens is 3. The molecule has 0 aliphatic heterocycles. The molecule has 1 heterocycles. The van der Waals surface area contributed by atoms with Crippen molar-refractivity contribution in [2.75, 3.05) is 11.6 Å². The first-order valence-corrected chi connectivity index (χ1v) is 11.9. The van der Waals surface area contributed by atoms with Gasteiger partial charge in [-0.1, -0.05) is 35.3 Å². The Hall–Kier alpha value is -2.74. The maximum absolute atomic E-state index is 13.5. The fourth-order valence-corrected chi connectivity index (χ4v) is 4.44. The van der Waals surface area contributed by atoms with Crippen molar-refractivity contribution >= 4 is 55.4 Å². The van der Waals surface area contributed by atoms with Crippen LogP contribution in [0, 0.1) is 5.82 Å². The van der Waals surface area contributed by atoms with E-state index in [9.17, 15) is 12.8 Å². The molecule has 3 aromatic carbocycles. The molecule has 0 bridgehead atoms. The van der Waals surface area contributed by atoms with Crippen LogP contribution in [0.1, 0.15) is 5.56 Å². The van der Waals surface area contributed by atoms with E-state index in [4.69, 9.17) is 23.2 Å². The third-order valence-corrected chi connectivity index (χ3v) is 6.11. The molecule has 4 rings (SSSR count). The predicted molar refractivity (Wildman–Crippen MR) is 123 cm³/mol. The van der Waals surface area contributed by atoms with E-state index in [1.54, 1.807) is 18.2 Å². The van der Waals surface area contributed by atoms with Crippen LogP contribution < -0.4 is 5.32 Å². The number of hydrogen-bond acceptors (Lipinski definition) is 5. The summed E-state index contributed by atoms with van der Waals surface area (Å²) < 4.78 is 36.9. The Morgan fingerprint density at radius 2 is 1.68 bits per heavy atom. The average molecular weight is 476 g/mol. The van der Waals surface area contributed by atoms with Crippen LogP contribution in [-0.2, 0) is 15.6 Å². The molecule has 0 unspecified atom stereocenters. The molecule has 0 aliphatic carbocycles. The second kappa shape index (κ2) is 8.42. The lowest BCUT2D eigenvalue weighted by Gasteiger charge is -2.11. The molecule has 9 heteroatoms. The number of benzene rings is 3. The molecule has 0 saturated heterocycles. The summed E-state index contributed by atoms with van der Waals surface area (Å²) >= 11 is 12.1. The highest BCUT2D eigenvalue weighted by Crippen LogP contribution is 2.31. The predicted octanol–water partition coefficient (Wildman–Crippen LogP) is 6.03. The van der Waals surface area contributed by atoms with Gasteiger partial charge in [-0.3, -0.25) is 0 Å². The summed E-state index contributed by atoms with van der Waals surface area (Å²) in [7, 11) is -3.23. The Bertz CT molecular complexity index is 1410. The minimum absolute atomic E-state index is 0.00335. The zero-order valence-electron chi connectivity index (χ0n) is 16.2. The first kappa shape index (κ1) is 21.5. The van der Waals surface area contributed by atoms with E-state index in [2.05, 4.69) is 15.3 Å². The summed E-state index contributed by atoms with van der Waals surface area (Å²) in [6.45, 7) is 0. The second-order valence-electron chi connectivity index (χ2n) is 7.08. The zero-order valence-corrected chi connectivity index (χ0v) is 18.6. The molecule has 0 spiro atoms. The van der Waals surface area contributed by atoms with Gasteiger partial charge < -0.3 is 5.32 Å². The molecule has 0 fully saturated rings. The Morgan fingerprint density at radius 1 is 0.935 bits per heavy atom. The minimum atomic E-state index is -3.23. The highest BCUT2D eigenvalue weighted by molar-refractivity contribution is 7.89. The number of nitrogens with zero attached hydrogens (tertiary/aromatic N) is 2. The normalized spacial score (nSPS) is 11.6. The maximum Gasteiger partial charge on any atom is 0.151 e. The third-order valence-electron chi connectivity index (χ3n) is 4.61. The lowest BCUT2D eigenvalue weighted by molar-refractivity contribution is 0.601. The van der Waals surface area contributed by atoms with Gasteiger partial charge in [0.25, 0.3) is 0 Å². The van der Waals surface area contributed by atoms with Gasteiger partial charge in [0, 0.05) is 22.4 Å². The summed E-state index contributed by atoms with van der Waals surface area (Å²) in [5.41, 5.74) is 3.47. The fourth-order valence-electron chi connectivity index (χ4n) is 3.19. The van der Waals surface area contributed by atoms with Gasteiger partial charge in [-0.25, -0.2) is 22.8 Å². The van der Waals surface area contributed by atoms with Crippen molar-refractivity contribution in [2.45, 2.75) is 5.75 Å². The smallest absolute Gasteiger partial charge is 0.151 e. The third kappa shape index (κ3) is 4.95. The summed E-state index contributed by atoms with van der Waals surface area (Å²) in [6, 6.07) is 15.2. The molecule has 1 aromatic heterocycles. The molecule has 0 saturated carbocycles. The van der Waals surface area contributed by atoms with Crippen molar-refractivity contribution in [3.8, 4) is 11.1 Å². The number of fused-ring (bicyclic) bond motifs is 1. The van der Waals surface area contributed by atoms with Crippen LogP contribution in [0.3, 0.4) is 0 Å². The van der Waals surface area contributed by atoms with Crippen LogP contribution in [0.5, 0.6) is 0 Å². The van der Waals surface area contributed by atoms with E-state index in [-0.39, 0.29) is 10.8 Å². The highest BCUT2D eigenvalue weighted by atomic mass is 35.5. The number of nitrogens with one attached hydrogen (secondary N) is 1. The molecule has 31 heavy (non-hydrogen) atoms. The molecule has 1 N–H and O–H groups in total. The van der Waals surface area contributed by atoms with Gasteiger partial charge in [0.2, 0.25) is 0 Å². The average Bonchev–Trinajstić information content (AvgIpc) is 2.71. The highest BCUT2D eigenvalue weighted by Gasteiger charge is 2.12. The molecular weight excluding hydrogens is 460 g/mol. The Morgan fingerprint density at radius 3 is 2.42 bits per heavy atom. The van der Waals surface area contributed by atoms with E-state index >= 15 is 0 Å². The summed E-state index contributed by atoms with van der Waals surface area (Å²) in [4.78, 5) is 8.60. The van der Waals surface area contributed by atoms with E-state index in [1.165, 1.54) is 24.7 Å². The summed E-state index contributed by atoms with van der Waals surface area (Å²) in [6.07, 6.45) is 2.60. The van der Waals surface area contributed by atoms with Crippen molar-refractivity contribution in [2.24, 2.45) is 0 Å².